The summed E-state index contributed by atoms with van der Waals surface area (Å²) in [5.41, 5.74) is 6.93. The van der Waals surface area contributed by atoms with Gasteiger partial charge in [0.25, 0.3) is 0 Å². The van der Waals surface area contributed by atoms with Crippen LogP contribution in [0.25, 0.3) is 0 Å². The van der Waals surface area contributed by atoms with E-state index < -0.39 is 0 Å². The first kappa shape index (κ1) is 12.0. The van der Waals surface area contributed by atoms with Gasteiger partial charge in [-0.25, -0.2) is 0 Å². The van der Waals surface area contributed by atoms with Crippen molar-refractivity contribution in [3.8, 4) is 0 Å². The molecule has 1 aromatic rings. The maximum Gasteiger partial charge on any atom is 0.0449 e. The zero-order chi connectivity index (χ0) is 10.8. The van der Waals surface area contributed by atoms with Crippen LogP contribution in [0.15, 0.2) is 22.7 Å². The second-order valence-corrected chi connectivity index (χ2v) is 5.51. The van der Waals surface area contributed by atoms with Crippen molar-refractivity contribution < 1.29 is 0 Å². The average molecular weight is 277 g/mol. The molecule has 1 nitrogen and oxygen atoms in total. The van der Waals surface area contributed by atoms with Crippen LogP contribution in [0, 0.1) is 5.41 Å². The summed E-state index contributed by atoms with van der Waals surface area (Å²) in [6, 6.07) is 5.85. The minimum absolute atomic E-state index is 0.0908. The molecule has 0 bridgehead atoms. The van der Waals surface area contributed by atoms with E-state index in [0.717, 1.165) is 21.5 Å². The van der Waals surface area contributed by atoms with Crippen molar-refractivity contribution >= 4 is 27.5 Å². The molecule has 0 aliphatic heterocycles. The van der Waals surface area contributed by atoms with Gasteiger partial charge in [-0.3, -0.25) is 0 Å². The number of rotatable bonds is 3. The summed E-state index contributed by atoms with van der Waals surface area (Å²) >= 11 is 9.63. The second-order valence-electron chi connectivity index (χ2n) is 4.25. The van der Waals surface area contributed by atoms with E-state index in [1.165, 1.54) is 0 Å². The molecule has 0 radical (unpaired) electrons. The van der Waals surface area contributed by atoms with Gasteiger partial charge in [0.2, 0.25) is 0 Å². The summed E-state index contributed by atoms with van der Waals surface area (Å²) in [5.74, 6) is 0. The Morgan fingerprint density at radius 2 is 2.07 bits per heavy atom. The van der Waals surface area contributed by atoms with Crippen molar-refractivity contribution in [3.63, 3.8) is 0 Å². The van der Waals surface area contributed by atoms with Gasteiger partial charge in [-0.1, -0.05) is 47.4 Å². The summed E-state index contributed by atoms with van der Waals surface area (Å²) in [5, 5.41) is 0.806. The zero-order valence-corrected chi connectivity index (χ0v) is 10.8. The number of hydrogen-bond donors (Lipinski definition) is 1. The second kappa shape index (κ2) is 4.65. The Morgan fingerprint density at radius 3 is 2.57 bits per heavy atom. The topological polar surface area (TPSA) is 26.0 Å². The van der Waals surface area contributed by atoms with Crippen molar-refractivity contribution in [1.29, 1.82) is 0 Å². The SMILES string of the molecule is CC(C)(CN)Cc1c(Cl)cccc1Br. The third kappa shape index (κ3) is 2.97. The van der Waals surface area contributed by atoms with E-state index in [0.29, 0.717) is 6.54 Å². The number of benzene rings is 1. The van der Waals surface area contributed by atoms with E-state index in [-0.39, 0.29) is 5.41 Å². The summed E-state index contributed by atoms with van der Waals surface area (Å²) in [7, 11) is 0. The van der Waals surface area contributed by atoms with Gasteiger partial charge in [-0.2, -0.15) is 0 Å². The summed E-state index contributed by atoms with van der Waals surface area (Å²) in [6.45, 7) is 4.94. The first-order valence-corrected chi connectivity index (χ1v) is 5.76. The highest BCUT2D eigenvalue weighted by Crippen LogP contribution is 2.31. The highest BCUT2D eigenvalue weighted by atomic mass is 79.9. The number of nitrogens with two attached hydrogens (primary N) is 1. The normalized spacial score (nSPS) is 11.8. The standard InChI is InChI=1S/C11H15BrClN/c1-11(2,7-14)6-8-9(12)4-3-5-10(8)13/h3-5H,6-7,14H2,1-2H3. The van der Waals surface area contributed by atoms with Gasteiger partial charge in [-0.15, -0.1) is 0 Å². The van der Waals surface area contributed by atoms with Crippen LogP contribution in [-0.4, -0.2) is 6.54 Å². The van der Waals surface area contributed by atoms with E-state index in [1.807, 2.05) is 18.2 Å². The third-order valence-corrected chi connectivity index (χ3v) is 3.37. The molecule has 1 aromatic carbocycles. The molecule has 0 amide bonds. The van der Waals surface area contributed by atoms with Crippen molar-refractivity contribution in [2.75, 3.05) is 6.54 Å². The van der Waals surface area contributed by atoms with Crippen molar-refractivity contribution in [1.82, 2.24) is 0 Å². The molecule has 0 aliphatic carbocycles. The molecule has 14 heavy (non-hydrogen) atoms. The van der Waals surface area contributed by atoms with E-state index in [1.54, 1.807) is 0 Å². The van der Waals surface area contributed by atoms with Crippen LogP contribution in [0.1, 0.15) is 19.4 Å². The van der Waals surface area contributed by atoms with Gasteiger partial charge in [0.05, 0.1) is 0 Å². The Kier molecular flexibility index (Phi) is 3.99. The Hall–Kier alpha value is -0.0500. The smallest absolute Gasteiger partial charge is 0.0449 e. The van der Waals surface area contributed by atoms with Crippen molar-refractivity contribution in [3.05, 3.63) is 33.3 Å². The lowest BCUT2D eigenvalue weighted by Gasteiger charge is -2.23. The maximum absolute atomic E-state index is 6.12. The van der Waals surface area contributed by atoms with Gasteiger partial charge >= 0.3 is 0 Å². The van der Waals surface area contributed by atoms with Crippen molar-refractivity contribution in [2.45, 2.75) is 20.3 Å². The van der Waals surface area contributed by atoms with Crippen LogP contribution in [-0.2, 0) is 6.42 Å². The van der Waals surface area contributed by atoms with Gasteiger partial charge < -0.3 is 5.73 Å². The zero-order valence-electron chi connectivity index (χ0n) is 8.48. The predicted molar refractivity (Wildman–Crippen MR) is 65.7 cm³/mol. The first-order valence-electron chi connectivity index (χ1n) is 4.59. The van der Waals surface area contributed by atoms with Crippen LogP contribution in [0.3, 0.4) is 0 Å². The van der Waals surface area contributed by atoms with Crippen LogP contribution >= 0.6 is 27.5 Å². The molecule has 2 N–H and O–H groups in total. The number of hydrogen-bond acceptors (Lipinski definition) is 1. The molecule has 3 heteroatoms. The molecule has 0 aliphatic rings. The van der Waals surface area contributed by atoms with E-state index in [4.69, 9.17) is 17.3 Å². The van der Waals surface area contributed by atoms with Gasteiger partial charge in [0, 0.05) is 9.50 Å². The summed E-state index contributed by atoms with van der Waals surface area (Å²) < 4.78 is 1.06. The van der Waals surface area contributed by atoms with E-state index in [9.17, 15) is 0 Å². The monoisotopic (exact) mass is 275 g/mol. The minimum atomic E-state index is 0.0908. The van der Waals surface area contributed by atoms with Gasteiger partial charge in [-0.05, 0) is 36.1 Å². The van der Waals surface area contributed by atoms with Gasteiger partial charge in [0.15, 0.2) is 0 Å². The Morgan fingerprint density at radius 1 is 1.43 bits per heavy atom. The predicted octanol–water partition coefficient (Wildman–Crippen LogP) is 3.63. The van der Waals surface area contributed by atoms with Crippen molar-refractivity contribution in [2.24, 2.45) is 11.1 Å². The first-order chi connectivity index (χ1) is 6.46. The lowest BCUT2D eigenvalue weighted by Crippen LogP contribution is -2.26. The quantitative estimate of drug-likeness (QED) is 0.896. The van der Waals surface area contributed by atoms with Gasteiger partial charge in [0.1, 0.15) is 0 Å². The third-order valence-electron chi connectivity index (χ3n) is 2.27. The molecule has 0 aromatic heterocycles. The fourth-order valence-corrected chi connectivity index (χ4v) is 2.11. The van der Waals surface area contributed by atoms with Crippen LogP contribution in [0.4, 0.5) is 0 Å². The highest BCUT2D eigenvalue weighted by molar-refractivity contribution is 9.10. The highest BCUT2D eigenvalue weighted by Gasteiger charge is 2.19. The molecule has 0 fully saturated rings. The molecular formula is C11H15BrClN. The lowest BCUT2D eigenvalue weighted by atomic mass is 9.86. The fraction of sp³-hybridized carbons (Fsp3) is 0.455. The molecule has 0 heterocycles. The summed E-state index contributed by atoms with van der Waals surface area (Å²) in [6.07, 6.45) is 0.893. The largest absolute Gasteiger partial charge is 0.330 e. The Balaban J connectivity index is 2.97. The molecule has 0 saturated carbocycles. The average Bonchev–Trinajstić information content (AvgIpc) is 2.12. The Labute approximate surface area is 98.8 Å². The number of halogens is 2. The van der Waals surface area contributed by atoms with Crippen LogP contribution < -0.4 is 5.73 Å². The summed E-state index contributed by atoms with van der Waals surface area (Å²) in [4.78, 5) is 0. The molecule has 0 unspecified atom stereocenters. The van der Waals surface area contributed by atoms with Crippen LogP contribution in [0.5, 0.6) is 0 Å². The molecule has 0 spiro atoms. The molecular weight excluding hydrogens is 261 g/mol. The minimum Gasteiger partial charge on any atom is -0.330 e. The molecule has 78 valence electrons. The molecule has 0 saturated heterocycles. The Bertz CT molecular complexity index is 303. The van der Waals surface area contributed by atoms with E-state index in [2.05, 4.69) is 29.8 Å². The lowest BCUT2D eigenvalue weighted by molar-refractivity contribution is 0.376. The molecule has 0 atom stereocenters. The molecule has 1 rings (SSSR count). The maximum atomic E-state index is 6.12. The van der Waals surface area contributed by atoms with Crippen LogP contribution in [0.2, 0.25) is 5.02 Å². The van der Waals surface area contributed by atoms with E-state index >= 15 is 0 Å². The fourth-order valence-electron chi connectivity index (χ4n) is 1.25.